The number of hydrogen-bond acceptors (Lipinski definition) is 5. The molecule has 1 saturated carbocycles. The zero-order valence-corrected chi connectivity index (χ0v) is 17.8. The van der Waals surface area contributed by atoms with Crippen molar-refractivity contribution in [1.29, 1.82) is 0 Å². The lowest BCUT2D eigenvalue weighted by molar-refractivity contribution is 0.0748. The summed E-state index contributed by atoms with van der Waals surface area (Å²) in [5, 5.41) is 5.42. The monoisotopic (exact) mass is 405 g/mol. The van der Waals surface area contributed by atoms with E-state index >= 15 is 0 Å². The van der Waals surface area contributed by atoms with Crippen molar-refractivity contribution in [2.24, 2.45) is 7.05 Å². The van der Waals surface area contributed by atoms with Gasteiger partial charge in [0.15, 0.2) is 5.65 Å². The van der Waals surface area contributed by atoms with Crippen LogP contribution in [0.1, 0.15) is 40.5 Å². The minimum absolute atomic E-state index is 0.0924. The molecule has 0 N–H and O–H groups in total. The van der Waals surface area contributed by atoms with Crippen molar-refractivity contribution in [1.82, 2.24) is 19.7 Å². The fourth-order valence-corrected chi connectivity index (χ4v) is 4.35. The molecular weight excluding hydrogens is 378 g/mol. The van der Waals surface area contributed by atoms with E-state index in [1.807, 2.05) is 37.1 Å². The Balaban J connectivity index is 1.38. The quantitative estimate of drug-likeness (QED) is 0.667. The summed E-state index contributed by atoms with van der Waals surface area (Å²) < 4.78 is 7.05. The number of ether oxygens (including phenoxy) is 1. The fourth-order valence-electron chi connectivity index (χ4n) is 4.35. The number of rotatable bonds is 4. The highest BCUT2D eigenvalue weighted by atomic mass is 16.5. The molecule has 0 bridgehead atoms. The molecule has 0 spiro atoms. The first-order valence-corrected chi connectivity index (χ1v) is 10.6. The van der Waals surface area contributed by atoms with Gasteiger partial charge in [-0.25, -0.2) is 4.98 Å². The lowest BCUT2D eigenvalue weighted by Crippen LogP contribution is -2.48. The van der Waals surface area contributed by atoms with Gasteiger partial charge in [-0.3, -0.25) is 9.48 Å². The number of amides is 1. The van der Waals surface area contributed by atoms with Crippen molar-refractivity contribution in [3.63, 3.8) is 0 Å². The van der Waals surface area contributed by atoms with E-state index in [1.165, 1.54) is 0 Å². The Bertz CT molecular complexity index is 1090. The van der Waals surface area contributed by atoms with Gasteiger partial charge in [-0.1, -0.05) is 0 Å². The lowest BCUT2D eigenvalue weighted by atomic mass is 10.1. The predicted molar refractivity (Wildman–Crippen MR) is 116 cm³/mol. The molecule has 1 aliphatic carbocycles. The van der Waals surface area contributed by atoms with Crippen LogP contribution in [0.3, 0.4) is 0 Å². The van der Waals surface area contributed by atoms with Gasteiger partial charge in [0, 0.05) is 50.5 Å². The molecule has 1 aromatic carbocycles. The first-order valence-electron chi connectivity index (χ1n) is 10.6. The van der Waals surface area contributed by atoms with E-state index < -0.39 is 0 Å². The second-order valence-corrected chi connectivity index (χ2v) is 8.25. The number of aromatic nitrogens is 3. The Morgan fingerprint density at radius 2 is 1.80 bits per heavy atom. The summed E-state index contributed by atoms with van der Waals surface area (Å²) in [5.74, 6) is 1.44. The highest BCUT2D eigenvalue weighted by Gasteiger charge is 2.30. The number of piperazine rings is 1. The van der Waals surface area contributed by atoms with E-state index in [9.17, 15) is 4.79 Å². The number of methoxy groups -OCH3 is 1. The number of anilines is 1. The Labute approximate surface area is 176 Å². The second kappa shape index (κ2) is 7.31. The molecule has 0 atom stereocenters. The zero-order valence-electron chi connectivity index (χ0n) is 17.8. The van der Waals surface area contributed by atoms with Crippen molar-refractivity contribution >= 4 is 22.6 Å². The molecule has 1 saturated heterocycles. The summed E-state index contributed by atoms with van der Waals surface area (Å²) in [6, 6.07) is 10.1. The van der Waals surface area contributed by atoms with E-state index in [0.29, 0.717) is 19.0 Å². The van der Waals surface area contributed by atoms with Crippen molar-refractivity contribution in [3.05, 3.63) is 47.3 Å². The predicted octanol–water partition coefficient (Wildman–Crippen LogP) is 3.13. The number of aryl methyl sites for hydroxylation is 2. The summed E-state index contributed by atoms with van der Waals surface area (Å²) in [4.78, 5) is 22.6. The minimum Gasteiger partial charge on any atom is -0.497 e. The minimum atomic E-state index is 0.0924. The highest BCUT2D eigenvalue weighted by Crippen LogP contribution is 2.40. The topological polar surface area (TPSA) is 63.5 Å². The average molecular weight is 406 g/mol. The maximum absolute atomic E-state index is 13.5. The van der Waals surface area contributed by atoms with Crippen LogP contribution < -0.4 is 9.64 Å². The molecule has 2 aliphatic rings. The van der Waals surface area contributed by atoms with E-state index in [4.69, 9.17) is 9.72 Å². The van der Waals surface area contributed by atoms with Gasteiger partial charge in [0.1, 0.15) is 5.75 Å². The Morgan fingerprint density at radius 3 is 2.43 bits per heavy atom. The van der Waals surface area contributed by atoms with E-state index in [-0.39, 0.29) is 5.91 Å². The first kappa shape index (κ1) is 18.9. The first-order chi connectivity index (χ1) is 14.5. The van der Waals surface area contributed by atoms with Gasteiger partial charge in [-0.2, -0.15) is 5.10 Å². The normalized spacial score (nSPS) is 16.9. The van der Waals surface area contributed by atoms with Crippen LogP contribution in [0.25, 0.3) is 11.0 Å². The fraction of sp³-hybridized carbons (Fsp3) is 0.435. The van der Waals surface area contributed by atoms with Gasteiger partial charge in [-0.15, -0.1) is 0 Å². The van der Waals surface area contributed by atoms with E-state index in [2.05, 4.69) is 22.1 Å². The molecule has 0 unspecified atom stereocenters. The number of hydrogen-bond donors (Lipinski definition) is 0. The number of nitrogens with zero attached hydrogens (tertiary/aromatic N) is 5. The number of benzene rings is 1. The summed E-state index contributed by atoms with van der Waals surface area (Å²) >= 11 is 0. The summed E-state index contributed by atoms with van der Waals surface area (Å²) in [7, 11) is 3.58. The van der Waals surface area contributed by atoms with Gasteiger partial charge >= 0.3 is 0 Å². The number of carbonyl (C=O) groups is 1. The van der Waals surface area contributed by atoms with Crippen molar-refractivity contribution in [2.45, 2.75) is 25.7 Å². The molecule has 5 rings (SSSR count). The third-order valence-corrected chi connectivity index (χ3v) is 6.22. The van der Waals surface area contributed by atoms with Crippen LogP contribution in [0.2, 0.25) is 0 Å². The van der Waals surface area contributed by atoms with Crippen molar-refractivity contribution in [3.8, 4) is 5.75 Å². The zero-order chi connectivity index (χ0) is 20.8. The molecule has 7 heteroatoms. The number of pyridine rings is 1. The van der Waals surface area contributed by atoms with Crippen LogP contribution in [0.15, 0.2) is 30.3 Å². The summed E-state index contributed by atoms with van der Waals surface area (Å²) in [6.45, 7) is 4.99. The average Bonchev–Trinajstić information content (AvgIpc) is 3.59. The maximum Gasteiger partial charge on any atom is 0.254 e. The smallest absolute Gasteiger partial charge is 0.254 e. The van der Waals surface area contributed by atoms with E-state index in [1.54, 1.807) is 11.8 Å². The molecule has 3 aromatic rings. The standard InChI is InChI=1S/C23H27N5O2/c1-15-21-19(14-20(16-4-5-16)24-22(21)26(2)25-15)23(29)28-12-10-27(11-13-28)17-6-8-18(30-3)9-7-17/h6-9,14,16H,4-5,10-13H2,1-3H3. The molecule has 156 valence electrons. The third-order valence-electron chi connectivity index (χ3n) is 6.22. The Hall–Kier alpha value is -3.09. The highest BCUT2D eigenvalue weighted by molar-refractivity contribution is 6.06. The second-order valence-electron chi connectivity index (χ2n) is 8.25. The van der Waals surface area contributed by atoms with Gasteiger partial charge in [-0.05, 0) is 50.1 Å². The number of carbonyl (C=O) groups excluding carboxylic acids is 1. The molecule has 2 aromatic heterocycles. The largest absolute Gasteiger partial charge is 0.497 e. The van der Waals surface area contributed by atoms with Crippen LogP contribution in [-0.2, 0) is 7.05 Å². The molecule has 30 heavy (non-hydrogen) atoms. The van der Waals surface area contributed by atoms with Gasteiger partial charge in [0.2, 0.25) is 0 Å². The molecule has 2 fully saturated rings. The lowest BCUT2D eigenvalue weighted by Gasteiger charge is -2.36. The van der Waals surface area contributed by atoms with Crippen LogP contribution in [0, 0.1) is 6.92 Å². The summed E-state index contributed by atoms with van der Waals surface area (Å²) in [6.07, 6.45) is 2.31. The van der Waals surface area contributed by atoms with Crippen LogP contribution in [-0.4, -0.2) is 58.9 Å². The molecule has 3 heterocycles. The van der Waals surface area contributed by atoms with Gasteiger partial charge < -0.3 is 14.5 Å². The van der Waals surface area contributed by atoms with Crippen LogP contribution in [0.4, 0.5) is 5.69 Å². The third kappa shape index (κ3) is 3.28. The summed E-state index contributed by atoms with van der Waals surface area (Å²) in [5.41, 5.74) is 4.63. The van der Waals surface area contributed by atoms with Crippen LogP contribution in [0.5, 0.6) is 5.75 Å². The van der Waals surface area contributed by atoms with E-state index in [0.717, 1.165) is 65.4 Å². The van der Waals surface area contributed by atoms with Crippen molar-refractivity contribution < 1.29 is 9.53 Å². The molecule has 0 radical (unpaired) electrons. The van der Waals surface area contributed by atoms with Gasteiger partial charge in [0.05, 0.1) is 23.8 Å². The Morgan fingerprint density at radius 1 is 1.10 bits per heavy atom. The molecule has 1 amide bonds. The maximum atomic E-state index is 13.5. The van der Waals surface area contributed by atoms with Crippen molar-refractivity contribution in [2.75, 3.05) is 38.2 Å². The van der Waals surface area contributed by atoms with Gasteiger partial charge in [0.25, 0.3) is 5.91 Å². The SMILES string of the molecule is COc1ccc(N2CCN(C(=O)c3cc(C4CC4)nc4c3c(C)nn4C)CC2)cc1. The molecular formula is C23H27N5O2. The Kier molecular flexibility index (Phi) is 4.60. The molecule has 1 aliphatic heterocycles. The molecule has 7 nitrogen and oxygen atoms in total. The number of fused-ring (bicyclic) bond motifs is 1. The van der Waals surface area contributed by atoms with Crippen LogP contribution >= 0.6 is 0 Å².